The summed E-state index contributed by atoms with van der Waals surface area (Å²) < 4.78 is 5.42. The predicted octanol–water partition coefficient (Wildman–Crippen LogP) is 1.37. The van der Waals surface area contributed by atoms with Gasteiger partial charge < -0.3 is 20.3 Å². The van der Waals surface area contributed by atoms with E-state index in [0.717, 1.165) is 42.9 Å². The van der Waals surface area contributed by atoms with Gasteiger partial charge in [0.15, 0.2) is 6.29 Å². The first-order valence-electron chi connectivity index (χ1n) is 9.86. The highest BCUT2D eigenvalue weighted by atomic mass is 16.5. The fourth-order valence-corrected chi connectivity index (χ4v) is 3.93. The third kappa shape index (κ3) is 3.88. The number of nitrogens with one attached hydrogen (secondary N) is 3. The molecule has 0 radical (unpaired) electrons. The summed E-state index contributed by atoms with van der Waals surface area (Å²) in [7, 11) is 0. The molecule has 2 saturated heterocycles. The van der Waals surface area contributed by atoms with Gasteiger partial charge >= 0.3 is 6.03 Å². The first-order valence-corrected chi connectivity index (χ1v) is 9.86. The fraction of sp³-hybridized carbons (Fsp3) is 0.550. The maximum absolute atomic E-state index is 12.8. The Morgan fingerprint density at radius 1 is 1.39 bits per heavy atom. The van der Waals surface area contributed by atoms with E-state index in [2.05, 4.69) is 34.8 Å². The molecule has 0 saturated carbocycles. The Labute approximate surface area is 165 Å². The number of hydrogen-bond acceptors (Lipinski definition) is 6. The SMILES string of the molecule is CC1(C)C2=CNC(NC3CCOCC3)N=C2CN1C(=O)NCc1cccnc1. The average molecular weight is 384 g/mol. The van der Waals surface area contributed by atoms with Crippen LogP contribution in [0.3, 0.4) is 0 Å². The van der Waals surface area contributed by atoms with Crippen LogP contribution in [0.5, 0.6) is 0 Å². The van der Waals surface area contributed by atoms with E-state index in [-0.39, 0.29) is 12.3 Å². The molecule has 3 N–H and O–H groups in total. The number of aliphatic imine (C=N–C) groups is 1. The predicted molar refractivity (Wildman–Crippen MR) is 107 cm³/mol. The average Bonchev–Trinajstić information content (AvgIpc) is 2.98. The van der Waals surface area contributed by atoms with Crippen molar-refractivity contribution in [3.8, 4) is 0 Å². The second-order valence-corrected chi connectivity index (χ2v) is 7.92. The third-order valence-corrected chi connectivity index (χ3v) is 5.65. The van der Waals surface area contributed by atoms with Crippen LogP contribution in [0, 0.1) is 0 Å². The van der Waals surface area contributed by atoms with Crippen molar-refractivity contribution in [1.29, 1.82) is 0 Å². The van der Waals surface area contributed by atoms with Gasteiger partial charge in [0.05, 0.1) is 17.8 Å². The molecular formula is C20H28N6O2. The highest BCUT2D eigenvalue weighted by Gasteiger charge is 2.45. The van der Waals surface area contributed by atoms with Gasteiger partial charge in [0, 0.05) is 50.0 Å². The summed E-state index contributed by atoms with van der Waals surface area (Å²) in [5.74, 6) is 0. The molecule has 1 unspecified atom stereocenters. The van der Waals surface area contributed by atoms with Crippen LogP contribution >= 0.6 is 0 Å². The van der Waals surface area contributed by atoms with E-state index >= 15 is 0 Å². The van der Waals surface area contributed by atoms with Gasteiger partial charge in [-0.15, -0.1) is 0 Å². The summed E-state index contributed by atoms with van der Waals surface area (Å²) in [5.41, 5.74) is 2.58. The van der Waals surface area contributed by atoms with Crippen LogP contribution in [-0.2, 0) is 11.3 Å². The molecule has 1 aromatic heterocycles. The zero-order valence-electron chi connectivity index (χ0n) is 16.4. The molecule has 0 spiro atoms. The molecule has 8 heteroatoms. The lowest BCUT2D eigenvalue weighted by atomic mass is 9.94. The molecule has 3 aliphatic heterocycles. The quantitative estimate of drug-likeness (QED) is 0.729. The van der Waals surface area contributed by atoms with Crippen LogP contribution in [-0.4, -0.2) is 59.3 Å². The number of urea groups is 1. The topological polar surface area (TPSA) is 90.9 Å². The Hall–Kier alpha value is -2.45. The second kappa shape index (κ2) is 7.89. The zero-order chi connectivity index (χ0) is 19.6. The number of carbonyl (C=O) groups excluding carboxylic acids is 1. The highest BCUT2D eigenvalue weighted by Crippen LogP contribution is 2.33. The van der Waals surface area contributed by atoms with E-state index in [9.17, 15) is 4.79 Å². The largest absolute Gasteiger partial charge is 0.381 e. The monoisotopic (exact) mass is 384 g/mol. The summed E-state index contributed by atoms with van der Waals surface area (Å²) >= 11 is 0. The van der Waals surface area contributed by atoms with Gasteiger partial charge in [-0.25, -0.2) is 9.79 Å². The maximum Gasteiger partial charge on any atom is 0.318 e. The molecule has 150 valence electrons. The molecule has 0 bridgehead atoms. The van der Waals surface area contributed by atoms with E-state index in [1.807, 2.05) is 23.2 Å². The minimum absolute atomic E-state index is 0.0965. The first kappa shape index (κ1) is 18.9. The van der Waals surface area contributed by atoms with Crippen molar-refractivity contribution in [2.75, 3.05) is 19.8 Å². The number of rotatable bonds is 4. The fourth-order valence-electron chi connectivity index (χ4n) is 3.93. The molecule has 4 rings (SSSR count). The van der Waals surface area contributed by atoms with Crippen molar-refractivity contribution in [3.63, 3.8) is 0 Å². The zero-order valence-corrected chi connectivity index (χ0v) is 16.4. The number of aromatic nitrogens is 1. The van der Waals surface area contributed by atoms with Crippen molar-refractivity contribution in [2.24, 2.45) is 4.99 Å². The van der Waals surface area contributed by atoms with Crippen LogP contribution in [0.1, 0.15) is 32.3 Å². The lowest BCUT2D eigenvalue weighted by Gasteiger charge is -2.33. The molecule has 4 heterocycles. The van der Waals surface area contributed by atoms with Gasteiger partial charge in [-0.05, 0) is 38.3 Å². The van der Waals surface area contributed by atoms with Crippen molar-refractivity contribution in [2.45, 2.75) is 51.1 Å². The molecule has 2 fully saturated rings. The molecule has 3 aliphatic rings. The summed E-state index contributed by atoms with van der Waals surface area (Å²) in [6.45, 7) is 6.65. The number of carbonyl (C=O) groups is 1. The minimum atomic E-state index is -0.422. The van der Waals surface area contributed by atoms with Crippen molar-refractivity contribution >= 4 is 11.7 Å². The van der Waals surface area contributed by atoms with Gasteiger partial charge in [0.2, 0.25) is 0 Å². The number of hydrogen-bond donors (Lipinski definition) is 3. The van der Waals surface area contributed by atoms with E-state index in [4.69, 9.17) is 9.73 Å². The Morgan fingerprint density at radius 2 is 2.21 bits per heavy atom. The Balaban J connectivity index is 1.40. The van der Waals surface area contributed by atoms with E-state index < -0.39 is 5.54 Å². The standard InChI is InChI=1S/C20H28N6O2/c1-20(2)16-12-22-18(24-15-5-8-28-9-6-15)25-17(16)13-26(20)19(27)23-11-14-4-3-7-21-10-14/h3-4,7,10,12,15,18,22,24H,5-6,8-9,11,13H2,1-2H3,(H,23,27). The van der Waals surface area contributed by atoms with Gasteiger partial charge in [-0.2, -0.15) is 0 Å². The van der Waals surface area contributed by atoms with Gasteiger partial charge in [-0.3, -0.25) is 10.3 Å². The van der Waals surface area contributed by atoms with Crippen LogP contribution in [0.15, 0.2) is 41.3 Å². The minimum Gasteiger partial charge on any atom is -0.381 e. The van der Waals surface area contributed by atoms with Gasteiger partial charge in [0.1, 0.15) is 0 Å². The molecule has 1 aromatic rings. The number of amides is 2. The normalized spacial score (nSPS) is 24.1. The molecule has 1 atom stereocenters. The number of pyridine rings is 1. The van der Waals surface area contributed by atoms with Crippen LogP contribution in [0.25, 0.3) is 0 Å². The molecule has 0 aromatic carbocycles. The Morgan fingerprint density at radius 3 is 2.96 bits per heavy atom. The van der Waals surface area contributed by atoms with Crippen LogP contribution in [0.2, 0.25) is 0 Å². The smallest absolute Gasteiger partial charge is 0.318 e. The van der Waals surface area contributed by atoms with Gasteiger partial charge in [-0.1, -0.05) is 6.07 Å². The van der Waals surface area contributed by atoms with E-state index in [0.29, 0.717) is 19.1 Å². The van der Waals surface area contributed by atoms with E-state index in [1.165, 1.54) is 0 Å². The molecule has 0 aliphatic carbocycles. The lowest BCUT2D eigenvalue weighted by molar-refractivity contribution is 0.0743. The van der Waals surface area contributed by atoms with E-state index in [1.54, 1.807) is 12.4 Å². The second-order valence-electron chi connectivity index (χ2n) is 7.92. The van der Waals surface area contributed by atoms with Gasteiger partial charge in [0.25, 0.3) is 0 Å². The number of ether oxygens (including phenoxy) is 1. The third-order valence-electron chi connectivity index (χ3n) is 5.65. The molecular weight excluding hydrogens is 356 g/mol. The molecule has 2 amide bonds. The number of nitrogens with zero attached hydrogens (tertiary/aromatic N) is 3. The van der Waals surface area contributed by atoms with Crippen molar-refractivity contribution < 1.29 is 9.53 Å². The summed E-state index contributed by atoms with van der Waals surface area (Å²) in [4.78, 5) is 23.6. The summed E-state index contributed by atoms with van der Waals surface area (Å²) in [5, 5.41) is 9.88. The van der Waals surface area contributed by atoms with Crippen molar-refractivity contribution in [1.82, 2.24) is 25.8 Å². The molecule has 8 nitrogen and oxygen atoms in total. The van der Waals surface area contributed by atoms with Crippen LogP contribution < -0.4 is 16.0 Å². The highest BCUT2D eigenvalue weighted by molar-refractivity contribution is 6.08. The number of fused-ring (bicyclic) bond motifs is 1. The summed E-state index contributed by atoms with van der Waals surface area (Å²) in [6, 6.07) is 4.12. The Bertz CT molecular complexity index is 770. The lowest BCUT2D eigenvalue weighted by Crippen LogP contribution is -2.49. The molecule has 28 heavy (non-hydrogen) atoms. The maximum atomic E-state index is 12.8. The number of likely N-dealkylation sites (tertiary alicyclic amines) is 1. The first-order chi connectivity index (χ1) is 13.5. The Kier molecular flexibility index (Phi) is 5.32. The van der Waals surface area contributed by atoms with Crippen LogP contribution in [0.4, 0.5) is 4.79 Å². The summed E-state index contributed by atoms with van der Waals surface area (Å²) in [6.07, 6.45) is 7.33. The van der Waals surface area contributed by atoms with Crippen molar-refractivity contribution in [3.05, 3.63) is 41.9 Å².